The Hall–Kier alpha value is 0.620. The normalized spacial score (nSPS) is 13.3. The molecule has 0 aromatic rings. The second-order valence-electron chi connectivity index (χ2n) is 6.20. The van der Waals surface area contributed by atoms with E-state index in [1.54, 1.807) is 11.4 Å². The quantitative estimate of drug-likeness (QED) is 0.224. The fourth-order valence-electron chi connectivity index (χ4n) is 2.10. The molecule has 0 aliphatic rings. The van der Waals surface area contributed by atoms with Gasteiger partial charge in [0.25, 0.3) is 0 Å². The molecule has 1 N–H and O–H groups in total. The highest BCUT2D eigenvalue weighted by Gasteiger charge is 2.22. The summed E-state index contributed by atoms with van der Waals surface area (Å²) in [6.45, 7) is 10.4. The van der Waals surface area contributed by atoms with Crippen molar-refractivity contribution in [1.82, 2.24) is 0 Å². The molecule has 3 nitrogen and oxygen atoms in total. The van der Waals surface area contributed by atoms with E-state index in [0.29, 0.717) is 0 Å². The van der Waals surface area contributed by atoms with E-state index >= 15 is 0 Å². The Labute approximate surface area is 152 Å². The van der Waals surface area contributed by atoms with Crippen molar-refractivity contribution in [2.75, 3.05) is 12.4 Å². The van der Waals surface area contributed by atoms with Crippen LogP contribution in [-0.2, 0) is 20.9 Å². The van der Waals surface area contributed by atoms with E-state index in [4.69, 9.17) is 20.9 Å². The Kier molecular flexibility index (Phi) is 14.2. The molecule has 0 aromatic heterocycles. The van der Waals surface area contributed by atoms with Crippen molar-refractivity contribution in [2.24, 2.45) is 0 Å². The van der Waals surface area contributed by atoms with E-state index in [9.17, 15) is 5.11 Å². The fourth-order valence-corrected chi connectivity index (χ4v) is 7.55. The first kappa shape index (κ1) is 23.6. The fraction of sp³-hybridized carbons (Fsp3) is 0.882. The standard InChI is InChI=1S/C17H35O3PS2/c1-6-7-8-9-10-17(11-13-18)12-14-23-21(22,19-15(2)3)20-16(4)5/h12,15-16,18H,6-11,13-14H2,1-5H3/b17-12-. The van der Waals surface area contributed by atoms with E-state index in [-0.39, 0.29) is 18.8 Å². The summed E-state index contributed by atoms with van der Waals surface area (Å²) in [4.78, 5) is 0. The first-order valence-electron chi connectivity index (χ1n) is 8.73. The van der Waals surface area contributed by atoms with Gasteiger partial charge in [0.2, 0.25) is 5.69 Å². The molecule has 0 atom stereocenters. The maximum atomic E-state index is 9.23. The number of aliphatic hydroxyl groups excluding tert-OH is 1. The first-order valence-corrected chi connectivity index (χ1v) is 13.0. The van der Waals surface area contributed by atoms with E-state index < -0.39 is 5.69 Å². The van der Waals surface area contributed by atoms with Crippen LogP contribution in [0.15, 0.2) is 11.6 Å². The van der Waals surface area contributed by atoms with Crippen LogP contribution in [0.25, 0.3) is 0 Å². The number of unbranched alkanes of at least 4 members (excludes halogenated alkanes) is 3. The molecule has 23 heavy (non-hydrogen) atoms. The van der Waals surface area contributed by atoms with Gasteiger partial charge in [-0.1, -0.05) is 49.2 Å². The maximum absolute atomic E-state index is 9.23. The van der Waals surface area contributed by atoms with Crippen LogP contribution >= 0.6 is 17.1 Å². The minimum atomic E-state index is -2.30. The lowest BCUT2D eigenvalue weighted by molar-refractivity contribution is 0.186. The molecule has 0 aliphatic carbocycles. The van der Waals surface area contributed by atoms with Gasteiger partial charge in [-0.15, -0.1) is 0 Å². The molecule has 0 saturated heterocycles. The van der Waals surface area contributed by atoms with Crippen molar-refractivity contribution >= 4 is 28.9 Å². The van der Waals surface area contributed by atoms with Gasteiger partial charge in [-0.3, -0.25) is 0 Å². The van der Waals surface area contributed by atoms with Crippen LogP contribution in [0.3, 0.4) is 0 Å². The van der Waals surface area contributed by atoms with Crippen molar-refractivity contribution in [3.05, 3.63) is 11.6 Å². The topological polar surface area (TPSA) is 38.7 Å². The van der Waals surface area contributed by atoms with E-state index in [1.807, 2.05) is 27.7 Å². The Morgan fingerprint density at radius 1 is 1.09 bits per heavy atom. The Balaban J connectivity index is 4.54. The summed E-state index contributed by atoms with van der Waals surface area (Å²) >= 11 is 7.25. The molecule has 0 rings (SSSR count). The van der Waals surface area contributed by atoms with Gasteiger partial charge in [0.1, 0.15) is 0 Å². The highest BCUT2D eigenvalue weighted by atomic mass is 32.9. The molecule has 0 bridgehead atoms. The summed E-state index contributed by atoms with van der Waals surface area (Å²) in [5.74, 6) is 0.791. The summed E-state index contributed by atoms with van der Waals surface area (Å²) in [7, 11) is 0. The minimum absolute atomic E-state index is 0.0713. The summed E-state index contributed by atoms with van der Waals surface area (Å²) in [6, 6.07) is 0. The van der Waals surface area contributed by atoms with E-state index in [1.165, 1.54) is 31.3 Å². The maximum Gasteiger partial charge on any atom is 0.248 e. The SMILES string of the molecule is CCCCCC/C(=C/CSP(=S)(OC(C)C)OC(C)C)CCO. The zero-order valence-electron chi connectivity index (χ0n) is 15.4. The first-order chi connectivity index (χ1) is 10.8. The second-order valence-corrected chi connectivity index (χ2v) is 12.5. The van der Waals surface area contributed by atoms with Gasteiger partial charge >= 0.3 is 0 Å². The van der Waals surface area contributed by atoms with E-state index in [2.05, 4.69) is 13.0 Å². The Morgan fingerprint density at radius 2 is 1.70 bits per heavy atom. The zero-order chi connectivity index (χ0) is 17.7. The van der Waals surface area contributed by atoms with Crippen LogP contribution in [0.4, 0.5) is 0 Å². The molecule has 0 amide bonds. The molecule has 0 radical (unpaired) electrons. The van der Waals surface area contributed by atoms with Crippen LogP contribution in [0, 0.1) is 0 Å². The van der Waals surface area contributed by atoms with Gasteiger partial charge in [-0.05, 0) is 58.8 Å². The zero-order valence-corrected chi connectivity index (χ0v) is 17.9. The lowest BCUT2D eigenvalue weighted by Crippen LogP contribution is -2.06. The Morgan fingerprint density at radius 3 is 2.17 bits per heavy atom. The summed E-state index contributed by atoms with van der Waals surface area (Å²) in [5.41, 5.74) is -0.975. The third kappa shape index (κ3) is 13.6. The van der Waals surface area contributed by atoms with Gasteiger partial charge in [0, 0.05) is 12.4 Å². The van der Waals surface area contributed by atoms with Crippen LogP contribution in [-0.4, -0.2) is 29.7 Å². The molecular weight excluding hydrogens is 347 g/mol. The van der Waals surface area contributed by atoms with Crippen molar-refractivity contribution < 1.29 is 14.2 Å². The largest absolute Gasteiger partial charge is 0.396 e. The Bertz CT molecular complexity index is 357. The smallest absolute Gasteiger partial charge is 0.248 e. The number of aliphatic hydroxyl groups is 1. The lowest BCUT2D eigenvalue weighted by atomic mass is 10.0. The van der Waals surface area contributed by atoms with Crippen molar-refractivity contribution in [3.8, 4) is 0 Å². The van der Waals surface area contributed by atoms with Gasteiger partial charge in [-0.25, -0.2) is 0 Å². The van der Waals surface area contributed by atoms with Gasteiger partial charge in [-0.2, -0.15) is 0 Å². The molecule has 0 spiro atoms. The lowest BCUT2D eigenvalue weighted by Gasteiger charge is -2.25. The van der Waals surface area contributed by atoms with Crippen LogP contribution < -0.4 is 0 Å². The molecular formula is C17H35O3PS2. The average Bonchev–Trinajstić information content (AvgIpc) is 2.41. The molecule has 0 unspecified atom stereocenters. The molecule has 0 fully saturated rings. The van der Waals surface area contributed by atoms with Crippen LogP contribution in [0.1, 0.15) is 73.1 Å². The molecule has 0 aliphatic heterocycles. The van der Waals surface area contributed by atoms with Crippen LogP contribution in [0.5, 0.6) is 0 Å². The summed E-state index contributed by atoms with van der Waals surface area (Å²) in [5, 5.41) is 9.23. The third-order valence-electron chi connectivity index (χ3n) is 3.07. The molecule has 6 heteroatoms. The number of hydrogen-bond acceptors (Lipinski definition) is 5. The second kappa shape index (κ2) is 13.9. The summed E-state index contributed by atoms with van der Waals surface area (Å²) < 4.78 is 11.8. The number of rotatable bonds is 14. The molecule has 0 aromatic carbocycles. The highest BCUT2D eigenvalue weighted by molar-refractivity contribution is 8.67. The van der Waals surface area contributed by atoms with Gasteiger partial charge in [0.05, 0.1) is 12.2 Å². The average molecular weight is 383 g/mol. The van der Waals surface area contributed by atoms with Crippen molar-refractivity contribution in [2.45, 2.75) is 85.4 Å². The molecule has 0 heterocycles. The summed E-state index contributed by atoms with van der Waals surface area (Å²) in [6.07, 6.45) is 9.17. The minimum Gasteiger partial charge on any atom is -0.396 e. The number of hydrogen-bond donors (Lipinski definition) is 1. The third-order valence-corrected chi connectivity index (χ3v) is 8.44. The predicted molar refractivity (Wildman–Crippen MR) is 108 cm³/mol. The molecule has 0 saturated carbocycles. The molecule has 138 valence electrons. The van der Waals surface area contributed by atoms with Crippen molar-refractivity contribution in [1.29, 1.82) is 0 Å². The van der Waals surface area contributed by atoms with Gasteiger partial charge in [0.15, 0.2) is 0 Å². The van der Waals surface area contributed by atoms with E-state index in [0.717, 1.165) is 18.6 Å². The van der Waals surface area contributed by atoms with Gasteiger partial charge < -0.3 is 14.2 Å². The van der Waals surface area contributed by atoms with Crippen molar-refractivity contribution in [3.63, 3.8) is 0 Å². The monoisotopic (exact) mass is 382 g/mol. The van der Waals surface area contributed by atoms with Crippen LogP contribution in [0.2, 0.25) is 0 Å². The highest BCUT2D eigenvalue weighted by Crippen LogP contribution is 2.62. The predicted octanol–water partition coefficient (Wildman–Crippen LogP) is 6.07.